The molecule has 0 spiro atoms. The minimum Gasteiger partial charge on any atom is -0.332 e. The largest absolute Gasteiger partial charge is 0.332 e. The Bertz CT molecular complexity index is 488. The molecule has 1 aliphatic rings. The van der Waals surface area contributed by atoms with Gasteiger partial charge in [0.05, 0.1) is 11.1 Å². The lowest BCUT2D eigenvalue weighted by molar-refractivity contribution is 0.0631. The summed E-state index contributed by atoms with van der Waals surface area (Å²) < 4.78 is 26.7. The molecule has 0 aromatic heterocycles. The van der Waals surface area contributed by atoms with Gasteiger partial charge in [0.15, 0.2) is 0 Å². The summed E-state index contributed by atoms with van der Waals surface area (Å²) in [5.74, 6) is -1.84. The molecule has 0 aliphatic carbocycles. The van der Waals surface area contributed by atoms with Crippen LogP contribution in [0.1, 0.15) is 30.6 Å². The van der Waals surface area contributed by atoms with Crippen LogP contribution in [0, 0.1) is 11.6 Å². The lowest BCUT2D eigenvalue weighted by Gasteiger charge is -2.34. The molecular formula is C13H16F2N2O. The second-order valence-corrected chi connectivity index (χ2v) is 5.13. The van der Waals surface area contributed by atoms with Gasteiger partial charge in [-0.2, -0.15) is 0 Å². The average Bonchev–Trinajstić information content (AvgIpc) is 2.57. The maximum atomic E-state index is 13.6. The molecule has 1 amide bonds. The van der Waals surface area contributed by atoms with Gasteiger partial charge in [0.25, 0.3) is 5.91 Å². The minimum absolute atomic E-state index is 0.155. The van der Waals surface area contributed by atoms with Crippen LogP contribution in [-0.4, -0.2) is 28.9 Å². The first-order chi connectivity index (χ1) is 8.34. The van der Waals surface area contributed by atoms with E-state index >= 15 is 0 Å². The number of nitrogens with two attached hydrogens (primary N) is 1. The van der Waals surface area contributed by atoms with Crippen LogP contribution in [-0.2, 0) is 0 Å². The molecular weight excluding hydrogens is 238 g/mol. The highest BCUT2D eigenvalue weighted by atomic mass is 19.1. The molecule has 1 heterocycles. The second-order valence-electron chi connectivity index (χ2n) is 5.13. The number of likely N-dealkylation sites (tertiary alicyclic amines) is 1. The third-order valence-electron chi connectivity index (χ3n) is 3.67. The first-order valence-corrected chi connectivity index (χ1v) is 5.86. The molecule has 0 saturated carbocycles. The third kappa shape index (κ3) is 1.99. The highest BCUT2D eigenvalue weighted by Crippen LogP contribution is 2.29. The highest BCUT2D eigenvalue weighted by molar-refractivity contribution is 5.95. The van der Waals surface area contributed by atoms with Gasteiger partial charge in [-0.05, 0) is 38.5 Å². The van der Waals surface area contributed by atoms with Gasteiger partial charge in [0, 0.05) is 12.6 Å². The molecule has 1 aliphatic heterocycles. The zero-order valence-electron chi connectivity index (χ0n) is 10.4. The van der Waals surface area contributed by atoms with E-state index in [1.165, 1.54) is 4.90 Å². The smallest absolute Gasteiger partial charge is 0.257 e. The molecule has 1 atom stereocenters. The van der Waals surface area contributed by atoms with Crippen LogP contribution >= 0.6 is 0 Å². The van der Waals surface area contributed by atoms with Crippen molar-refractivity contribution in [2.45, 2.75) is 31.8 Å². The van der Waals surface area contributed by atoms with E-state index in [-0.39, 0.29) is 11.6 Å². The quantitative estimate of drug-likeness (QED) is 0.832. The van der Waals surface area contributed by atoms with Gasteiger partial charge in [-0.15, -0.1) is 0 Å². The van der Waals surface area contributed by atoms with Crippen molar-refractivity contribution < 1.29 is 13.6 Å². The summed E-state index contributed by atoms with van der Waals surface area (Å²) >= 11 is 0. The van der Waals surface area contributed by atoms with Gasteiger partial charge in [-0.25, -0.2) is 8.78 Å². The zero-order valence-corrected chi connectivity index (χ0v) is 10.4. The maximum absolute atomic E-state index is 13.6. The number of carbonyl (C=O) groups is 1. The normalized spacial score (nSPS) is 22.3. The summed E-state index contributed by atoms with van der Waals surface area (Å²) in [6.07, 6.45) is 0.662. The molecule has 1 aromatic rings. The van der Waals surface area contributed by atoms with E-state index in [9.17, 15) is 13.6 Å². The van der Waals surface area contributed by atoms with E-state index in [0.29, 0.717) is 13.0 Å². The fourth-order valence-electron chi connectivity index (χ4n) is 2.28. The number of halogens is 2. The minimum atomic E-state index is -0.710. The third-order valence-corrected chi connectivity index (χ3v) is 3.67. The van der Waals surface area contributed by atoms with E-state index in [1.807, 2.05) is 13.8 Å². The van der Waals surface area contributed by atoms with Crippen LogP contribution in [0.4, 0.5) is 8.78 Å². The van der Waals surface area contributed by atoms with E-state index in [0.717, 1.165) is 18.2 Å². The van der Waals surface area contributed by atoms with Crippen LogP contribution in [0.3, 0.4) is 0 Å². The molecule has 5 heteroatoms. The number of amides is 1. The molecule has 0 radical (unpaired) electrons. The average molecular weight is 254 g/mol. The Morgan fingerprint density at radius 2 is 2.11 bits per heavy atom. The summed E-state index contributed by atoms with van der Waals surface area (Å²) in [6, 6.07) is 2.73. The maximum Gasteiger partial charge on any atom is 0.257 e. The Morgan fingerprint density at radius 3 is 2.67 bits per heavy atom. The van der Waals surface area contributed by atoms with Crippen LogP contribution in [0.15, 0.2) is 18.2 Å². The van der Waals surface area contributed by atoms with Crippen LogP contribution in [0.5, 0.6) is 0 Å². The molecule has 2 N–H and O–H groups in total. The van der Waals surface area contributed by atoms with Crippen molar-refractivity contribution >= 4 is 5.91 Å². The van der Waals surface area contributed by atoms with Crippen molar-refractivity contribution in [1.29, 1.82) is 0 Å². The molecule has 1 saturated heterocycles. The van der Waals surface area contributed by atoms with Gasteiger partial charge in [-0.1, -0.05) is 0 Å². The van der Waals surface area contributed by atoms with E-state index in [1.54, 1.807) is 0 Å². The molecule has 1 fully saturated rings. The van der Waals surface area contributed by atoms with Gasteiger partial charge in [0.2, 0.25) is 0 Å². The molecule has 0 bridgehead atoms. The summed E-state index contributed by atoms with van der Waals surface area (Å²) in [5, 5.41) is 0. The predicted octanol–water partition coefficient (Wildman–Crippen LogP) is 1.92. The lowest BCUT2D eigenvalue weighted by Crippen LogP contribution is -2.51. The zero-order chi connectivity index (χ0) is 13.5. The van der Waals surface area contributed by atoms with Crippen molar-refractivity contribution in [3.8, 4) is 0 Å². The standard InChI is InChI=1S/C13H16F2N2O/c1-13(2)11(16)5-6-17(13)12(18)9-7-8(14)3-4-10(9)15/h3-4,7,11H,5-6,16H2,1-2H3. The Balaban J connectivity index is 2.35. The molecule has 2 rings (SSSR count). The van der Waals surface area contributed by atoms with Crippen LogP contribution < -0.4 is 5.73 Å². The van der Waals surface area contributed by atoms with Gasteiger partial charge in [0.1, 0.15) is 11.6 Å². The second kappa shape index (κ2) is 4.31. The fourth-order valence-corrected chi connectivity index (χ4v) is 2.28. The van der Waals surface area contributed by atoms with Crippen molar-refractivity contribution in [1.82, 2.24) is 4.90 Å². The Kier molecular flexibility index (Phi) is 3.11. The molecule has 1 aromatic carbocycles. The molecule has 18 heavy (non-hydrogen) atoms. The van der Waals surface area contributed by atoms with Crippen LogP contribution in [0.2, 0.25) is 0 Å². The van der Waals surface area contributed by atoms with Crippen molar-refractivity contribution in [3.05, 3.63) is 35.4 Å². The Labute approximate surface area is 105 Å². The SMILES string of the molecule is CC1(C)C(N)CCN1C(=O)c1cc(F)ccc1F. The Morgan fingerprint density at radius 1 is 1.44 bits per heavy atom. The van der Waals surface area contributed by atoms with Gasteiger partial charge >= 0.3 is 0 Å². The van der Waals surface area contributed by atoms with Crippen molar-refractivity contribution in [2.75, 3.05) is 6.54 Å². The number of carbonyl (C=O) groups excluding carboxylic acids is 1. The van der Waals surface area contributed by atoms with Crippen molar-refractivity contribution in [3.63, 3.8) is 0 Å². The first-order valence-electron chi connectivity index (χ1n) is 5.86. The summed E-state index contributed by atoms with van der Waals surface area (Å²) in [7, 11) is 0. The van der Waals surface area contributed by atoms with Crippen molar-refractivity contribution in [2.24, 2.45) is 5.73 Å². The van der Waals surface area contributed by atoms with Gasteiger partial charge in [-0.3, -0.25) is 4.79 Å². The number of rotatable bonds is 1. The monoisotopic (exact) mass is 254 g/mol. The highest BCUT2D eigenvalue weighted by Gasteiger charge is 2.42. The topological polar surface area (TPSA) is 46.3 Å². The number of hydrogen-bond donors (Lipinski definition) is 1. The number of hydrogen-bond acceptors (Lipinski definition) is 2. The van der Waals surface area contributed by atoms with E-state index < -0.39 is 23.1 Å². The summed E-state index contributed by atoms with van der Waals surface area (Å²) in [4.78, 5) is 13.8. The number of benzene rings is 1. The molecule has 98 valence electrons. The summed E-state index contributed by atoms with van der Waals surface area (Å²) in [5.41, 5.74) is 5.14. The first kappa shape index (κ1) is 13.0. The molecule has 1 unspecified atom stereocenters. The lowest BCUT2D eigenvalue weighted by atomic mass is 9.96. The summed E-state index contributed by atoms with van der Waals surface area (Å²) in [6.45, 7) is 4.13. The van der Waals surface area contributed by atoms with Crippen LogP contribution in [0.25, 0.3) is 0 Å². The van der Waals surface area contributed by atoms with E-state index in [4.69, 9.17) is 5.73 Å². The van der Waals surface area contributed by atoms with Gasteiger partial charge < -0.3 is 10.6 Å². The molecule has 3 nitrogen and oxygen atoms in total. The Hall–Kier alpha value is -1.49. The van der Waals surface area contributed by atoms with E-state index in [2.05, 4.69) is 0 Å². The number of nitrogens with zero attached hydrogens (tertiary/aromatic N) is 1. The fraction of sp³-hybridized carbons (Fsp3) is 0.462. The predicted molar refractivity (Wildman–Crippen MR) is 64.1 cm³/mol.